The number of rotatable bonds is 4. The van der Waals surface area contributed by atoms with Gasteiger partial charge in [0.1, 0.15) is 0 Å². The van der Waals surface area contributed by atoms with E-state index in [0.29, 0.717) is 36.2 Å². The molecular weight excluding hydrogens is 411 g/mol. The molecule has 0 saturated carbocycles. The first-order valence-corrected chi connectivity index (χ1v) is 10.7. The van der Waals surface area contributed by atoms with Crippen molar-refractivity contribution in [2.24, 2.45) is 0 Å². The van der Waals surface area contributed by atoms with E-state index in [1.807, 2.05) is 18.2 Å². The molecule has 6 nitrogen and oxygen atoms in total. The molecule has 0 amide bonds. The molecule has 0 unspecified atom stereocenters. The summed E-state index contributed by atoms with van der Waals surface area (Å²) in [5.74, 6) is 1.52. The van der Waals surface area contributed by atoms with Crippen molar-refractivity contribution in [3.63, 3.8) is 0 Å². The predicted molar refractivity (Wildman–Crippen MR) is 103 cm³/mol. The molecule has 0 radical (unpaired) electrons. The SMILES string of the molecule is O=S(=O)(c1cc(Cl)cc(Cl)c1)N1CCN(Cc2ccc3c(c2)OCO3)CC1. The van der Waals surface area contributed by atoms with Gasteiger partial charge in [0.25, 0.3) is 0 Å². The molecule has 0 aromatic heterocycles. The lowest BCUT2D eigenvalue weighted by Crippen LogP contribution is -2.48. The van der Waals surface area contributed by atoms with Crippen LogP contribution in [0.4, 0.5) is 0 Å². The third-order valence-corrected chi connectivity index (χ3v) is 6.96. The van der Waals surface area contributed by atoms with E-state index in [2.05, 4.69) is 4.90 Å². The Balaban J connectivity index is 1.41. The van der Waals surface area contributed by atoms with Gasteiger partial charge < -0.3 is 9.47 Å². The van der Waals surface area contributed by atoms with Gasteiger partial charge in [-0.25, -0.2) is 8.42 Å². The Hall–Kier alpha value is -1.51. The molecular formula is C18H18Cl2N2O4S. The fourth-order valence-corrected chi connectivity index (χ4v) is 5.40. The molecule has 27 heavy (non-hydrogen) atoms. The van der Waals surface area contributed by atoms with Crippen LogP contribution in [0.2, 0.25) is 10.0 Å². The maximum Gasteiger partial charge on any atom is 0.243 e. The first-order chi connectivity index (χ1) is 12.9. The second kappa shape index (κ2) is 7.48. The van der Waals surface area contributed by atoms with Gasteiger partial charge in [0.2, 0.25) is 16.8 Å². The van der Waals surface area contributed by atoms with Crippen LogP contribution in [-0.4, -0.2) is 50.6 Å². The molecule has 2 aliphatic heterocycles. The molecule has 9 heteroatoms. The zero-order chi connectivity index (χ0) is 19.0. The first kappa shape index (κ1) is 18.8. The zero-order valence-corrected chi connectivity index (χ0v) is 16.7. The van der Waals surface area contributed by atoms with E-state index in [4.69, 9.17) is 32.7 Å². The van der Waals surface area contributed by atoms with Gasteiger partial charge in [0.15, 0.2) is 11.5 Å². The number of halogens is 2. The minimum atomic E-state index is -3.61. The molecule has 2 aromatic rings. The van der Waals surface area contributed by atoms with Crippen LogP contribution in [0, 0.1) is 0 Å². The Morgan fingerprint density at radius 3 is 2.26 bits per heavy atom. The zero-order valence-electron chi connectivity index (χ0n) is 14.4. The highest BCUT2D eigenvalue weighted by atomic mass is 35.5. The molecule has 0 N–H and O–H groups in total. The molecule has 0 spiro atoms. The first-order valence-electron chi connectivity index (χ1n) is 8.49. The number of fused-ring (bicyclic) bond motifs is 1. The number of sulfonamides is 1. The largest absolute Gasteiger partial charge is 0.454 e. The molecule has 2 aromatic carbocycles. The average Bonchev–Trinajstić information content (AvgIpc) is 3.09. The van der Waals surface area contributed by atoms with Crippen LogP contribution in [-0.2, 0) is 16.6 Å². The van der Waals surface area contributed by atoms with Crippen molar-refractivity contribution in [1.82, 2.24) is 9.21 Å². The van der Waals surface area contributed by atoms with E-state index in [-0.39, 0.29) is 11.7 Å². The van der Waals surface area contributed by atoms with E-state index in [9.17, 15) is 8.42 Å². The van der Waals surface area contributed by atoms with E-state index >= 15 is 0 Å². The topological polar surface area (TPSA) is 59.1 Å². The van der Waals surface area contributed by atoms with Gasteiger partial charge in [-0.1, -0.05) is 29.3 Å². The summed E-state index contributed by atoms with van der Waals surface area (Å²) in [6.07, 6.45) is 0. The number of nitrogens with zero attached hydrogens (tertiary/aromatic N) is 2. The Labute approximate surface area is 168 Å². The van der Waals surface area contributed by atoms with Crippen molar-refractivity contribution in [2.75, 3.05) is 33.0 Å². The summed E-state index contributed by atoms with van der Waals surface area (Å²) < 4.78 is 37.9. The van der Waals surface area contributed by atoms with Crippen molar-refractivity contribution in [3.05, 3.63) is 52.0 Å². The number of piperazine rings is 1. The number of hydrogen-bond acceptors (Lipinski definition) is 5. The Morgan fingerprint density at radius 1 is 0.889 bits per heavy atom. The van der Waals surface area contributed by atoms with E-state index in [0.717, 1.165) is 23.6 Å². The van der Waals surface area contributed by atoms with Crippen molar-refractivity contribution in [2.45, 2.75) is 11.4 Å². The highest BCUT2D eigenvalue weighted by Gasteiger charge is 2.29. The summed E-state index contributed by atoms with van der Waals surface area (Å²) in [5, 5.41) is 0.616. The van der Waals surface area contributed by atoms with Gasteiger partial charge >= 0.3 is 0 Å². The molecule has 0 aliphatic carbocycles. The fourth-order valence-electron chi connectivity index (χ4n) is 3.25. The van der Waals surface area contributed by atoms with Crippen LogP contribution in [0.1, 0.15) is 5.56 Å². The van der Waals surface area contributed by atoms with Crippen LogP contribution >= 0.6 is 23.2 Å². The standard InChI is InChI=1S/C18H18Cl2N2O4S/c19-14-8-15(20)10-16(9-14)27(23,24)22-5-3-21(4-6-22)11-13-1-2-17-18(7-13)26-12-25-17/h1-2,7-10H,3-6,11-12H2. The lowest BCUT2D eigenvalue weighted by molar-refractivity contribution is 0.173. The molecule has 4 rings (SSSR count). The van der Waals surface area contributed by atoms with Crippen molar-refractivity contribution >= 4 is 33.2 Å². The maximum absolute atomic E-state index is 12.8. The van der Waals surface area contributed by atoms with Crippen LogP contribution in [0.15, 0.2) is 41.3 Å². The van der Waals surface area contributed by atoms with Gasteiger partial charge in [-0.3, -0.25) is 4.90 Å². The van der Waals surface area contributed by atoms with Gasteiger partial charge in [0, 0.05) is 42.8 Å². The van der Waals surface area contributed by atoms with Gasteiger partial charge in [-0.15, -0.1) is 0 Å². The Morgan fingerprint density at radius 2 is 1.56 bits per heavy atom. The molecule has 144 valence electrons. The van der Waals surface area contributed by atoms with E-state index in [1.165, 1.54) is 22.5 Å². The summed E-state index contributed by atoms with van der Waals surface area (Å²) in [7, 11) is -3.61. The van der Waals surface area contributed by atoms with Crippen molar-refractivity contribution < 1.29 is 17.9 Å². The van der Waals surface area contributed by atoms with E-state index < -0.39 is 10.0 Å². The molecule has 1 fully saturated rings. The summed E-state index contributed by atoms with van der Waals surface area (Å²) in [6.45, 7) is 3.09. The molecule has 0 atom stereocenters. The monoisotopic (exact) mass is 428 g/mol. The second-order valence-corrected chi connectivity index (χ2v) is 9.28. The molecule has 1 saturated heterocycles. The lowest BCUT2D eigenvalue weighted by atomic mass is 10.2. The highest BCUT2D eigenvalue weighted by molar-refractivity contribution is 7.89. The second-order valence-electron chi connectivity index (χ2n) is 6.47. The summed E-state index contributed by atoms with van der Waals surface area (Å²) in [6, 6.07) is 10.3. The average molecular weight is 429 g/mol. The molecule has 2 heterocycles. The van der Waals surface area contributed by atoms with Crippen LogP contribution in [0.25, 0.3) is 0 Å². The molecule has 2 aliphatic rings. The smallest absolute Gasteiger partial charge is 0.243 e. The maximum atomic E-state index is 12.8. The summed E-state index contributed by atoms with van der Waals surface area (Å²) in [4.78, 5) is 2.35. The Kier molecular flexibility index (Phi) is 5.22. The minimum absolute atomic E-state index is 0.129. The third kappa shape index (κ3) is 4.02. The van der Waals surface area contributed by atoms with Crippen molar-refractivity contribution in [1.29, 1.82) is 0 Å². The van der Waals surface area contributed by atoms with Crippen LogP contribution in [0.3, 0.4) is 0 Å². The van der Waals surface area contributed by atoms with Crippen molar-refractivity contribution in [3.8, 4) is 11.5 Å². The van der Waals surface area contributed by atoms with Crippen LogP contribution in [0.5, 0.6) is 11.5 Å². The Bertz CT molecular complexity index is 940. The number of benzene rings is 2. The van der Waals surface area contributed by atoms with Gasteiger partial charge in [-0.2, -0.15) is 4.31 Å². The summed E-state index contributed by atoms with van der Waals surface area (Å²) >= 11 is 11.9. The third-order valence-electron chi connectivity index (χ3n) is 4.65. The van der Waals surface area contributed by atoms with Gasteiger partial charge in [0.05, 0.1) is 4.90 Å². The normalized spacial score (nSPS) is 18.0. The van der Waals surface area contributed by atoms with Crippen LogP contribution < -0.4 is 9.47 Å². The lowest BCUT2D eigenvalue weighted by Gasteiger charge is -2.34. The molecule has 0 bridgehead atoms. The van der Waals surface area contributed by atoms with E-state index in [1.54, 1.807) is 0 Å². The van der Waals surface area contributed by atoms with Gasteiger partial charge in [-0.05, 0) is 35.9 Å². The highest BCUT2D eigenvalue weighted by Crippen LogP contribution is 2.33. The number of hydrogen-bond donors (Lipinski definition) is 0. The predicted octanol–water partition coefficient (Wildman–Crippen LogP) is 3.23. The number of ether oxygens (including phenoxy) is 2. The minimum Gasteiger partial charge on any atom is -0.454 e. The fraction of sp³-hybridized carbons (Fsp3) is 0.333. The quantitative estimate of drug-likeness (QED) is 0.747. The summed E-state index contributed by atoms with van der Waals surface area (Å²) in [5.41, 5.74) is 1.11.